The largest absolute Gasteiger partial charge is 0.456 e. The average Bonchev–Trinajstić information content (AvgIpc) is 3.91. The van der Waals surface area contributed by atoms with Gasteiger partial charge in [-0.05, 0) is 87.8 Å². The number of fused-ring (bicyclic) bond motifs is 9. The summed E-state index contributed by atoms with van der Waals surface area (Å²) in [7, 11) is 0. The Labute approximate surface area is 369 Å². The molecule has 3 heterocycles. The monoisotopic (exact) mass is 818 g/mol. The van der Waals surface area contributed by atoms with Gasteiger partial charge in [0.25, 0.3) is 0 Å². The quantitative estimate of drug-likeness (QED) is 0.168. The summed E-state index contributed by atoms with van der Waals surface area (Å²) >= 11 is 0. The van der Waals surface area contributed by atoms with Gasteiger partial charge in [0, 0.05) is 55.9 Å². The average molecular weight is 819 g/mol. The zero-order chi connectivity index (χ0) is 42.1. The number of para-hydroxylation sites is 1. The fourth-order valence-corrected chi connectivity index (χ4v) is 10.1. The van der Waals surface area contributed by atoms with Crippen molar-refractivity contribution in [2.24, 2.45) is 0 Å². The van der Waals surface area contributed by atoms with Crippen LogP contribution in [0, 0.1) is 0 Å². The molecule has 0 saturated carbocycles. The van der Waals surface area contributed by atoms with Crippen LogP contribution in [-0.4, -0.2) is 19.5 Å². The van der Waals surface area contributed by atoms with Gasteiger partial charge in [0.2, 0.25) is 0 Å². The van der Waals surface area contributed by atoms with Gasteiger partial charge in [-0.25, -0.2) is 15.0 Å². The van der Waals surface area contributed by atoms with E-state index in [9.17, 15) is 0 Å². The molecule has 0 radical (unpaired) electrons. The summed E-state index contributed by atoms with van der Waals surface area (Å²) in [6.45, 7) is 0. The van der Waals surface area contributed by atoms with E-state index in [2.05, 4.69) is 156 Å². The zero-order valence-corrected chi connectivity index (χ0v) is 34.7. The molecule has 1 unspecified atom stereocenters. The van der Waals surface area contributed by atoms with Crippen molar-refractivity contribution in [3.05, 3.63) is 229 Å². The molecule has 13 rings (SSSR count). The van der Waals surface area contributed by atoms with Crippen LogP contribution in [0.15, 0.2) is 217 Å². The lowest BCUT2D eigenvalue weighted by Crippen LogP contribution is -2.13. The van der Waals surface area contributed by atoms with E-state index in [1.807, 2.05) is 60.7 Å². The zero-order valence-electron chi connectivity index (χ0n) is 34.7. The van der Waals surface area contributed by atoms with E-state index in [4.69, 9.17) is 19.4 Å². The Bertz CT molecular complexity index is 3700. The van der Waals surface area contributed by atoms with Gasteiger partial charge < -0.3 is 8.98 Å². The second-order valence-electron chi connectivity index (χ2n) is 16.7. The molecule has 1 atom stereocenters. The third kappa shape index (κ3) is 5.89. The lowest BCUT2D eigenvalue weighted by Gasteiger charge is -2.28. The number of nitrogens with zero attached hydrogens (tertiary/aromatic N) is 4. The third-order valence-corrected chi connectivity index (χ3v) is 13.0. The summed E-state index contributed by atoms with van der Waals surface area (Å²) in [5.41, 5.74) is 16.7. The Morgan fingerprint density at radius 1 is 0.406 bits per heavy atom. The van der Waals surface area contributed by atoms with E-state index in [1.54, 1.807) is 0 Å². The summed E-state index contributed by atoms with van der Waals surface area (Å²) < 4.78 is 9.25. The van der Waals surface area contributed by atoms with E-state index >= 15 is 0 Å². The molecule has 1 aliphatic carbocycles. The van der Waals surface area contributed by atoms with Crippen LogP contribution in [0.1, 0.15) is 22.6 Å². The molecular weight excluding hydrogens is 781 g/mol. The number of benzene rings is 9. The van der Waals surface area contributed by atoms with Crippen molar-refractivity contribution in [2.45, 2.75) is 12.3 Å². The minimum atomic E-state index is 0.0962. The van der Waals surface area contributed by atoms with Crippen molar-refractivity contribution in [3.8, 4) is 62.1 Å². The fraction of sp³-hybridized carbons (Fsp3) is 0.0339. The highest BCUT2D eigenvalue weighted by atomic mass is 16.3. The predicted octanol–water partition coefficient (Wildman–Crippen LogP) is 14.9. The number of rotatable bonds is 6. The van der Waals surface area contributed by atoms with E-state index in [-0.39, 0.29) is 5.92 Å². The maximum absolute atomic E-state index is 6.87. The van der Waals surface area contributed by atoms with E-state index < -0.39 is 0 Å². The minimum Gasteiger partial charge on any atom is -0.456 e. The van der Waals surface area contributed by atoms with Gasteiger partial charge in [-0.15, -0.1) is 0 Å². The molecule has 0 aliphatic heterocycles. The molecule has 0 N–H and O–H groups in total. The topological polar surface area (TPSA) is 56.7 Å². The van der Waals surface area contributed by atoms with E-state index in [0.29, 0.717) is 17.5 Å². The van der Waals surface area contributed by atoms with Crippen LogP contribution in [0.2, 0.25) is 0 Å². The number of furan rings is 1. The van der Waals surface area contributed by atoms with E-state index in [1.165, 1.54) is 60.8 Å². The van der Waals surface area contributed by atoms with Gasteiger partial charge in [-0.2, -0.15) is 0 Å². The van der Waals surface area contributed by atoms with Crippen LogP contribution in [0.5, 0.6) is 0 Å². The Hall–Kier alpha value is -8.41. The summed E-state index contributed by atoms with van der Waals surface area (Å²) in [4.78, 5) is 15.1. The van der Waals surface area contributed by atoms with Crippen molar-refractivity contribution in [1.29, 1.82) is 0 Å². The smallest absolute Gasteiger partial charge is 0.164 e. The predicted molar refractivity (Wildman–Crippen MR) is 261 cm³/mol. The van der Waals surface area contributed by atoms with Gasteiger partial charge in [0.1, 0.15) is 11.2 Å². The molecule has 5 heteroatoms. The van der Waals surface area contributed by atoms with Crippen LogP contribution in [0.4, 0.5) is 0 Å². The molecule has 3 aromatic heterocycles. The maximum atomic E-state index is 6.87. The van der Waals surface area contributed by atoms with Crippen molar-refractivity contribution in [3.63, 3.8) is 0 Å². The Balaban J connectivity index is 0.949. The molecule has 0 amide bonds. The summed E-state index contributed by atoms with van der Waals surface area (Å²) in [5, 5.41) is 4.70. The molecule has 5 nitrogen and oxygen atoms in total. The summed E-state index contributed by atoms with van der Waals surface area (Å²) in [6, 6.07) is 75.3. The van der Waals surface area contributed by atoms with Crippen LogP contribution >= 0.6 is 0 Å². The third-order valence-electron chi connectivity index (χ3n) is 13.0. The molecule has 64 heavy (non-hydrogen) atoms. The minimum absolute atomic E-state index is 0.0962. The summed E-state index contributed by atoms with van der Waals surface area (Å²) in [6.07, 6.45) is 0.874. The number of aromatic nitrogens is 4. The van der Waals surface area contributed by atoms with E-state index in [0.717, 1.165) is 50.7 Å². The standard InChI is InChI=1S/C59H38N4O/c1-4-16-37(17-5-1)45-27-15-29-53-56(45)47-26-12-13-28-52(47)63(53)43-30-31-46-51-35-49-48(33-41-22-10-11-25-44(41)50(49)36-55(51)64-54(46)34-43)40-23-14-24-42(32-40)59-61-57(38-18-6-2-7-19-38)60-58(62-59)39-20-8-3-9-21-39/h1-32,34-36,48H,33H2. The Kier molecular flexibility index (Phi) is 8.28. The number of hydrogen-bond donors (Lipinski definition) is 0. The molecule has 0 bridgehead atoms. The highest BCUT2D eigenvalue weighted by Crippen LogP contribution is 2.47. The lowest BCUT2D eigenvalue weighted by atomic mass is 9.75. The highest BCUT2D eigenvalue weighted by molar-refractivity contribution is 6.16. The fourth-order valence-electron chi connectivity index (χ4n) is 10.1. The van der Waals surface area contributed by atoms with Crippen molar-refractivity contribution in [2.75, 3.05) is 0 Å². The van der Waals surface area contributed by atoms with Gasteiger partial charge in [0.05, 0.1) is 11.0 Å². The van der Waals surface area contributed by atoms with Crippen LogP contribution in [-0.2, 0) is 6.42 Å². The first-order chi connectivity index (χ1) is 31.7. The molecular formula is C59H38N4O. The molecule has 9 aromatic carbocycles. The molecule has 0 spiro atoms. The van der Waals surface area contributed by atoms with Gasteiger partial charge >= 0.3 is 0 Å². The first-order valence-electron chi connectivity index (χ1n) is 21.9. The summed E-state index contributed by atoms with van der Waals surface area (Å²) in [5.74, 6) is 2.05. The molecule has 12 aromatic rings. The maximum Gasteiger partial charge on any atom is 0.164 e. The van der Waals surface area contributed by atoms with Crippen molar-refractivity contribution >= 4 is 43.7 Å². The molecule has 300 valence electrons. The van der Waals surface area contributed by atoms with Crippen LogP contribution in [0.25, 0.3) is 106 Å². The van der Waals surface area contributed by atoms with Gasteiger partial charge in [-0.1, -0.05) is 164 Å². The highest BCUT2D eigenvalue weighted by Gasteiger charge is 2.28. The van der Waals surface area contributed by atoms with Gasteiger partial charge in [-0.3, -0.25) is 0 Å². The second kappa shape index (κ2) is 14.6. The first-order valence-corrected chi connectivity index (χ1v) is 21.9. The first kappa shape index (κ1) is 36.3. The lowest BCUT2D eigenvalue weighted by molar-refractivity contribution is 0.668. The van der Waals surface area contributed by atoms with Crippen LogP contribution < -0.4 is 0 Å². The molecule has 0 fully saturated rings. The normalized spacial score (nSPS) is 13.4. The Morgan fingerprint density at radius 2 is 1.00 bits per heavy atom. The van der Waals surface area contributed by atoms with Crippen molar-refractivity contribution in [1.82, 2.24) is 19.5 Å². The molecule has 1 aliphatic rings. The Morgan fingerprint density at radius 3 is 1.77 bits per heavy atom. The second-order valence-corrected chi connectivity index (χ2v) is 16.7. The van der Waals surface area contributed by atoms with Gasteiger partial charge in [0.15, 0.2) is 17.5 Å². The SMILES string of the molecule is c1ccc(-c2nc(-c3ccccc3)nc(-c3cccc(C4Cc5ccccc5-c5cc6oc7cc(-n8c9ccccc9c9c(-c%10ccccc%10)cccc98)ccc7c6cc54)c3)n2)cc1. The van der Waals surface area contributed by atoms with Crippen LogP contribution in [0.3, 0.4) is 0 Å². The van der Waals surface area contributed by atoms with Crippen molar-refractivity contribution < 1.29 is 4.42 Å². The molecule has 0 saturated heterocycles. The number of hydrogen-bond acceptors (Lipinski definition) is 4.